The molecule has 2 heterocycles. The monoisotopic (exact) mass is 285 g/mol. The maximum absolute atomic E-state index is 11.7. The van der Waals surface area contributed by atoms with Crippen molar-refractivity contribution in [1.29, 1.82) is 0 Å². The molecule has 0 bridgehead atoms. The van der Waals surface area contributed by atoms with Gasteiger partial charge in [-0.3, -0.25) is 0 Å². The van der Waals surface area contributed by atoms with Gasteiger partial charge in [0.1, 0.15) is 0 Å². The molecule has 1 atom stereocenters. The van der Waals surface area contributed by atoms with Gasteiger partial charge in [0, 0.05) is 19.8 Å². The highest BCUT2D eigenvalue weighted by Crippen LogP contribution is 2.21. The molecule has 1 aromatic heterocycles. The van der Waals surface area contributed by atoms with E-state index in [2.05, 4.69) is 9.97 Å². The van der Waals surface area contributed by atoms with Gasteiger partial charge in [-0.25, -0.2) is 23.2 Å². The number of carboxylic acid groups (broad SMARTS) is 1. The first-order valence-electron chi connectivity index (χ1n) is 5.89. The molecule has 1 N–H and O–H groups in total. The van der Waals surface area contributed by atoms with Crippen LogP contribution in [0.25, 0.3) is 0 Å². The number of hydrogen-bond acceptors (Lipinski definition) is 6. The Labute approximate surface area is 111 Å². The molecule has 0 saturated carbocycles. The number of aromatic carboxylic acids is 1. The van der Waals surface area contributed by atoms with E-state index in [1.165, 1.54) is 12.3 Å². The van der Waals surface area contributed by atoms with Crippen LogP contribution < -0.4 is 4.90 Å². The fourth-order valence-corrected chi connectivity index (χ4v) is 3.98. The molecule has 8 heteroatoms. The minimum absolute atomic E-state index is 0.105. The van der Waals surface area contributed by atoms with Gasteiger partial charge in [0.05, 0.1) is 11.0 Å². The highest BCUT2D eigenvalue weighted by Gasteiger charge is 2.32. The smallest absolute Gasteiger partial charge is 0.354 e. The van der Waals surface area contributed by atoms with Crippen molar-refractivity contribution >= 4 is 21.8 Å². The molecule has 7 nitrogen and oxygen atoms in total. The van der Waals surface area contributed by atoms with Gasteiger partial charge in [-0.2, -0.15) is 0 Å². The van der Waals surface area contributed by atoms with Gasteiger partial charge >= 0.3 is 5.97 Å². The molecule has 0 aromatic carbocycles. The average molecular weight is 285 g/mol. The fourth-order valence-electron chi connectivity index (χ4n) is 2.10. The summed E-state index contributed by atoms with van der Waals surface area (Å²) in [4.78, 5) is 20.3. The number of carbonyl (C=O) groups is 1. The Morgan fingerprint density at radius 3 is 2.89 bits per heavy atom. The molecule has 1 saturated heterocycles. The molecule has 1 aliphatic heterocycles. The van der Waals surface area contributed by atoms with Crippen LogP contribution in [0.5, 0.6) is 0 Å². The summed E-state index contributed by atoms with van der Waals surface area (Å²) in [6, 6.07) is 1.30. The minimum atomic E-state index is -3.03. The molecule has 0 radical (unpaired) electrons. The van der Waals surface area contributed by atoms with Crippen LogP contribution in [0.2, 0.25) is 0 Å². The molecule has 1 fully saturated rings. The van der Waals surface area contributed by atoms with Crippen molar-refractivity contribution in [2.45, 2.75) is 18.1 Å². The SMILES string of the molecule is CN(CC1CCCS1(=O)=O)c1nccc(C(=O)O)n1. The summed E-state index contributed by atoms with van der Waals surface area (Å²) in [6.45, 7) is 0.283. The van der Waals surface area contributed by atoms with Gasteiger partial charge in [-0.15, -0.1) is 0 Å². The molecule has 0 aliphatic carbocycles. The van der Waals surface area contributed by atoms with E-state index in [9.17, 15) is 13.2 Å². The van der Waals surface area contributed by atoms with Crippen molar-refractivity contribution in [2.75, 3.05) is 24.2 Å². The van der Waals surface area contributed by atoms with Gasteiger partial charge in [0.25, 0.3) is 0 Å². The summed E-state index contributed by atoms with van der Waals surface area (Å²) in [7, 11) is -1.37. The zero-order valence-electron chi connectivity index (χ0n) is 10.5. The van der Waals surface area contributed by atoms with Crippen LogP contribution in [0.4, 0.5) is 5.95 Å². The molecule has 1 unspecified atom stereocenters. The lowest BCUT2D eigenvalue weighted by molar-refractivity contribution is 0.0690. The third-order valence-corrected chi connectivity index (χ3v) is 5.40. The topological polar surface area (TPSA) is 100 Å². The van der Waals surface area contributed by atoms with E-state index in [4.69, 9.17) is 5.11 Å². The van der Waals surface area contributed by atoms with Crippen LogP contribution in [-0.4, -0.2) is 54.1 Å². The lowest BCUT2D eigenvalue weighted by Gasteiger charge is -2.20. The van der Waals surface area contributed by atoms with Crippen molar-refractivity contribution < 1.29 is 18.3 Å². The first-order valence-corrected chi connectivity index (χ1v) is 7.61. The van der Waals surface area contributed by atoms with E-state index in [0.717, 1.165) is 0 Å². The Morgan fingerprint density at radius 1 is 1.58 bits per heavy atom. The van der Waals surface area contributed by atoms with Crippen molar-refractivity contribution in [3.63, 3.8) is 0 Å². The Bertz CT molecular complexity index is 587. The van der Waals surface area contributed by atoms with E-state index in [0.29, 0.717) is 12.8 Å². The molecule has 104 valence electrons. The molecule has 0 amide bonds. The number of rotatable bonds is 4. The van der Waals surface area contributed by atoms with Gasteiger partial charge in [0.15, 0.2) is 15.5 Å². The van der Waals surface area contributed by atoms with Crippen LogP contribution in [0, 0.1) is 0 Å². The number of carboxylic acids is 1. The fraction of sp³-hybridized carbons (Fsp3) is 0.545. The van der Waals surface area contributed by atoms with E-state index < -0.39 is 21.1 Å². The summed E-state index contributed by atoms with van der Waals surface area (Å²) in [5, 5.41) is 8.43. The van der Waals surface area contributed by atoms with Crippen molar-refractivity contribution in [3.8, 4) is 0 Å². The van der Waals surface area contributed by atoms with Gasteiger partial charge in [-0.1, -0.05) is 0 Å². The molecule has 1 aromatic rings. The number of aromatic nitrogens is 2. The second-order valence-corrected chi connectivity index (χ2v) is 6.96. The lowest BCUT2D eigenvalue weighted by atomic mass is 10.2. The molecular weight excluding hydrogens is 270 g/mol. The maximum atomic E-state index is 11.7. The number of anilines is 1. The van der Waals surface area contributed by atoms with Gasteiger partial charge < -0.3 is 10.0 Å². The molecule has 2 rings (SSSR count). The van der Waals surface area contributed by atoms with Crippen molar-refractivity contribution in [1.82, 2.24) is 9.97 Å². The predicted octanol–water partition coefficient (Wildman–Crippen LogP) is 0.188. The summed E-state index contributed by atoms with van der Waals surface area (Å²) in [5.74, 6) is -0.686. The number of hydrogen-bond donors (Lipinski definition) is 1. The zero-order chi connectivity index (χ0) is 14.0. The van der Waals surface area contributed by atoms with Crippen molar-refractivity contribution in [3.05, 3.63) is 18.0 Å². The average Bonchev–Trinajstić information content (AvgIpc) is 2.69. The van der Waals surface area contributed by atoms with Crippen LogP contribution in [0.1, 0.15) is 23.3 Å². The molecule has 0 spiro atoms. The van der Waals surface area contributed by atoms with E-state index in [1.807, 2.05) is 0 Å². The second-order valence-electron chi connectivity index (χ2n) is 4.56. The van der Waals surface area contributed by atoms with Crippen LogP contribution in [0.3, 0.4) is 0 Å². The second kappa shape index (κ2) is 5.12. The highest BCUT2D eigenvalue weighted by molar-refractivity contribution is 7.92. The third kappa shape index (κ3) is 3.01. The maximum Gasteiger partial charge on any atom is 0.354 e. The first-order chi connectivity index (χ1) is 8.90. The van der Waals surface area contributed by atoms with Crippen LogP contribution >= 0.6 is 0 Å². The van der Waals surface area contributed by atoms with Gasteiger partial charge in [0.2, 0.25) is 5.95 Å². The van der Waals surface area contributed by atoms with Crippen LogP contribution in [0.15, 0.2) is 12.3 Å². The quantitative estimate of drug-likeness (QED) is 0.842. The molecule has 1 aliphatic rings. The highest BCUT2D eigenvalue weighted by atomic mass is 32.2. The predicted molar refractivity (Wildman–Crippen MR) is 69.1 cm³/mol. The summed E-state index contributed by atoms with van der Waals surface area (Å²) in [6.07, 6.45) is 2.66. The third-order valence-electron chi connectivity index (χ3n) is 3.14. The summed E-state index contributed by atoms with van der Waals surface area (Å²) >= 11 is 0. The van der Waals surface area contributed by atoms with E-state index >= 15 is 0 Å². The largest absolute Gasteiger partial charge is 0.477 e. The Hall–Kier alpha value is -1.70. The Morgan fingerprint density at radius 2 is 2.32 bits per heavy atom. The normalized spacial score (nSPS) is 21.2. The molecule has 19 heavy (non-hydrogen) atoms. The Kier molecular flexibility index (Phi) is 3.70. The van der Waals surface area contributed by atoms with Crippen molar-refractivity contribution in [2.24, 2.45) is 0 Å². The summed E-state index contributed by atoms with van der Waals surface area (Å²) < 4.78 is 23.5. The summed E-state index contributed by atoms with van der Waals surface area (Å²) in [5.41, 5.74) is -0.105. The van der Waals surface area contributed by atoms with E-state index in [-0.39, 0.29) is 23.9 Å². The van der Waals surface area contributed by atoms with Crippen LogP contribution in [-0.2, 0) is 9.84 Å². The first kappa shape index (κ1) is 13.7. The number of nitrogens with zero attached hydrogens (tertiary/aromatic N) is 3. The number of sulfone groups is 1. The molecular formula is C11H15N3O4S. The van der Waals surface area contributed by atoms with E-state index in [1.54, 1.807) is 11.9 Å². The lowest BCUT2D eigenvalue weighted by Crippen LogP contribution is -2.33. The standard InChI is InChI=1S/C11H15N3O4S/c1-14(7-8-3-2-6-19(8,17)18)11-12-5-4-9(13-11)10(15)16/h4-5,8H,2-3,6-7H2,1H3,(H,15,16). The zero-order valence-corrected chi connectivity index (χ0v) is 11.3. The Balaban J connectivity index is 2.14. The van der Waals surface area contributed by atoms with Gasteiger partial charge in [-0.05, 0) is 18.9 Å². The minimum Gasteiger partial charge on any atom is -0.477 e.